The highest BCUT2D eigenvalue weighted by atomic mass is 35.5. The van der Waals surface area contributed by atoms with Gasteiger partial charge in [-0.05, 0) is 48.4 Å². The normalized spacial score (nSPS) is 12.2. The third-order valence-corrected chi connectivity index (χ3v) is 3.37. The second-order valence-electron chi connectivity index (χ2n) is 4.65. The molecule has 0 heterocycles. The molecule has 0 saturated heterocycles. The van der Waals surface area contributed by atoms with Gasteiger partial charge >= 0.3 is 0 Å². The van der Waals surface area contributed by atoms with E-state index in [-0.39, 0.29) is 11.9 Å². The maximum Gasteiger partial charge on any atom is 0.125 e. The Morgan fingerprint density at radius 2 is 1.90 bits per heavy atom. The number of ether oxygens (including phenoxy) is 1. The first-order valence-corrected chi connectivity index (χ1v) is 6.78. The molecule has 0 spiro atoms. The Labute approximate surface area is 123 Å². The van der Waals surface area contributed by atoms with E-state index in [0.717, 1.165) is 16.9 Å². The van der Waals surface area contributed by atoms with Crippen LogP contribution < -0.4 is 10.1 Å². The highest BCUT2D eigenvalue weighted by Crippen LogP contribution is 2.19. The van der Waals surface area contributed by atoms with Crippen LogP contribution in [0, 0.1) is 5.82 Å². The molecule has 0 amide bonds. The van der Waals surface area contributed by atoms with Gasteiger partial charge in [-0.2, -0.15) is 0 Å². The molecule has 0 aliphatic rings. The van der Waals surface area contributed by atoms with Gasteiger partial charge in [0.15, 0.2) is 0 Å². The Morgan fingerprint density at radius 1 is 1.20 bits per heavy atom. The van der Waals surface area contributed by atoms with Crippen molar-refractivity contribution < 1.29 is 9.13 Å². The first-order valence-electron chi connectivity index (χ1n) is 6.41. The van der Waals surface area contributed by atoms with Crippen molar-refractivity contribution >= 4 is 11.6 Å². The van der Waals surface area contributed by atoms with Gasteiger partial charge in [-0.3, -0.25) is 0 Å². The molecule has 4 heteroatoms. The monoisotopic (exact) mass is 293 g/mol. The van der Waals surface area contributed by atoms with Crippen molar-refractivity contribution in [2.75, 3.05) is 7.11 Å². The van der Waals surface area contributed by atoms with Crippen LogP contribution in [0.1, 0.15) is 24.1 Å². The minimum absolute atomic E-state index is 0.156. The van der Waals surface area contributed by atoms with Gasteiger partial charge in [-0.1, -0.05) is 23.7 Å². The zero-order chi connectivity index (χ0) is 14.5. The molecule has 0 unspecified atom stereocenters. The fourth-order valence-corrected chi connectivity index (χ4v) is 2.24. The summed E-state index contributed by atoms with van der Waals surface area (Å²) >= 11 is 5.83. The summed E-state index contributed by atoms with van der Waals surface area (Å²) in [6.45, 7) is 2.62. The molecule has 0 fully saturated rings. The van der Waals surface area contributed by atoms with E-state index in [2.05, 4.69) is 12.2 Å². The Morgan fingerprint density at radius 3 is 2.50 bits per heavy atom. The van der Waals surface area contributed by atoms with Crippen LogP contribution in [0.15, 0.2) is 42.5 Å². The quantitative estimate of drug-likeness (QED) is 0.885. The largest absolute Gasteiger partial charge is 0.497 e. The molecule has 2 aromatic rings. The zero-order valence-electron chi connectivity index (χ0n) is 11.5. The van der Waals surface area contributed by atoms with Crippen molar-refractivity contribution in [1.29, 1.82) is 0 Å². The zero-order valence-corrected chi connectivity index (χ0v) is 12.2. The van der Waals surface area contributed by atoms with Crippen LogP contribution in [0.3, 0.4) is 0 Å². The number of hydrogen-bond donors (Lipinski definition) is 1. The second kappa shape index (κ2) is 6.73. The van der Waals surface area contributed by atoms with Gasteiger partial charge in [0.2, 0.25) is 0 Å². The predicted octanol–water partition coefficient (Wildman–Crippen LogP) is 4.34. The van der Waals surface area contributed by atoms with E-state index in [4.69, 9.17) is 16.3 Å². The van der Waals surface area contributed by atoms with E-state index in [0.29, 0.717) is 11.6 Å². The first-order chi connectivity index (χ1) is 9.58. The molecule has 0 aliphatic heterocycles. The van der Waals surface area contributed by atoms with E-state index in [1.807, 2.05) is 24.3 Å². The van der Waals surface area contributed by atoms with E-state index >= 15 is 0 Å². The molecule has 20 heavy (non-hydrogen) atoms. The SMILES string of the molecule is COc1ccc([C@@H](C)NCc2cc(F)cc(Cl)c2)cc1. The Balaban J connectivity index is 1.98. The number of methoxy groups -OCH3 is 1. The third-order valence-electron chi connectivity index (χ3n) is 3.15. The Bertz CT molecular complexity index is 551. The Kier molecular flexibility index (Phi) is 4.99. The van der Waals surface area contributed by atoms with Crippen molar-refractivity contribution in [3.63, 3.8) is 0 Å². The highest BCUT2D eigenvalue weighted by Gasteiger charge is 2.06. The lowest BCUT2D eigenvalue weighted by Gasteiger charge is -2.15. The molecule has 1 N–H and O–H groups in total. The number of nitrogens with one attached hydrogen (secondary N) is 1. The molecule has 0 saturated carbocycles. The first kappa shape index (κ1) is 14.8. The van der Waals surface area contributed by atoms with E-state index in [9.17, 15) is 4.39 Å². The Hall–Kier alpha value is -1.58. The van der Waals surface area contributed by atoms with Crippen LogP contribution in [-0.4, -0.2) is 7.11 Å². The van der Waals surface area contributed by atoms with Crippen molar-refractivity contribution in [2.45, 2.75) is 19.5 Å². The fraction of sp³-hybridized carbons (Fsp3) is 0.250. The molecule has 2 aromatic carbocycles. The number of hydrogen-bond acceptors (Lipinski definition) is 2. The average molecular weight is 294 g/mol. The summed E-state index contributed by atoms with van der Waals surface area (Å²) in [6.07, 6.45) is 0. The van der Waals surface area contributed by atoms with Crippen LogP contribution >= 0.6 is 11.6 Å². The van der Waals surface area contributed by atoms with Gasteiger partial charge in [-0.25, -0.2) is 4.39 Å². The molecule has 0 bridgehead atoms. The molecular formula is C16H17ClFNO. The van der Waals surface area contributed by atoms with E-state index in [1.165, 1.54) is 12.1 Å². The summed E-state index contributed by atoms with van der Waals surface area (Å²) in [5.74, 6) is 0.518. The molecule has 0 aromatic heterocycles. The minimum Gasteiger partial charge on any atom is -0.497 e. The van der Waals surface area contributed by atoms with Gasteiger partial charge in [0.1, 0.15) is 11.6 Å². The summed E-state index contributed by atoms with van der Waals surface area (Å²) < 4.78 is 18.4. The molecule has 2 nitrogen and oxygen atoms in total. The molecule has 106 valence electrons. The van der Waals surface area contributed by atoms with Crippen molar-refractivity contribution in [3.8, 4) is 5.75 Å². The number of halogens is 2. The lowest BCUT2D eigenvalue weighted by Crippen LogP contribution is -2.18. The van der Waals surface area contributed by atoms with Crippen LogP contribution in [0.25, 0.3) is 0 Å². The van der Waals surface area contributed by atoms with E-state index in [1.54, 1.807) is 13.2 Å². The predicted molar refractivity (Wildman–Crippen MR) is 79.7 cm³/mol. The van der Waals surface area contributed by atoms with Crippen LogP contribution in [0.2, 0.25) is 5.02 Å². The van der Waals surface area contributed by atoms with Gasteiger partial charge < -0.3 is 10.1 Å². The second-order valence-corrected chi connectivity index (χ2v) is 5.09. The summed E-state index contributed by atoms with van der Waals surface area (Å²) in [6, 6.07) is 12.6. The van der Waals surface area contributed by atoms with Crippen molar-refractivity contribution in [3.05, 3.63) is 64.4 Å². The molecular weight excluding hydrogens is 277 g/mol. The molecule has 2 rings (SSSR count). The number of benzene rings is 2. The summed E-state index contributed by atoms with van der Waals surface area (Å²) in [5.41, 5.74) is 1.98. The minimum atomic E-state index is -0.314. The highest BCUT2D eigenvalue weighted by molar-refractivity contribution is 6.30. The third kappa shape index (κ3) is 3.95. The maximum atomic E-state index is 13.2. The maximum absolute atomic E-state index is 13.2. The molecule has 0 aliphatic carbocycles. The van der Waals surface area contributed by atoms with E-state index < -0.39 is 0 Å². The molecule has 0 radical (unpaired) electrons. The van der Waals surface area contributed by atoms with Gasteiger partial charge in [0.05, 0.1) is 7.11 Å². The molecule has 1 atom stereocenters. The smallest absolute Gasteiger partial charge is 0.125 e. The van der Waals surface area contributed by atoms with Crippen molar-refractivity contribution in [1.82, 2.24) is 5.32 Å². The number of rotatable bonds is 5. The lowest BCUT2D eigenvalue weighted by atomic mass is 10.1. The summed E-state index contributed by atoms with van der Waals surface area (Å²) in [5, 5.41) is 3.76. The lowest BCUT2D eigenvalue weighted by molar-refractivity contribution is 0.414. The van der Waals surface area contributed by atoms with Gasteiger partial charge in [-0.15, -0.1) is 0 Å². The van der Waals surface area contributed by atoms with Crippen molar-refractivity contribution in [2.24, 2.45) is 0 Å². The van der Waals surface area contributed by atoms with Crippen LogP contribution in [0.4, 0.5) is 4.39 Å². The van der Waals surface area contributed by atoms with Gasteiger partial charge in [0.25, 0.3) is 0 Å². The topological polar surface area (TPSA) is 21.3 Å². The van der Waals surface area contributed by atoms with Gasteiger partial charge in [0, 0.05) is 17.6 Å². The fourth-order valence-electron chi connectivity index (χ4n) is 1.99. The standard InChI is InChI=1S/C16H17ClFNO/c1-11(13-3-5-16(20-2)6-4-13)19-10-12-7-14(17)9-15(18)8-12/h3-9,11,19H,10H2,1-2H3/t11-/m1/s1. The summed E-state index contributed by atoms with van der Waals surface area (Å²) in [7, 11) is 1.64. The van der Waals surface area contributed by atoms with Crippen LogP contribution in [-0.2, 0) is 6.54 Å². The van der Waals surface area contributed by atoms with Crippen LogP contribution in [0.5, 0.6) is 5.75 Å². The average Bonchev–Trinajstić information content (AvgIpc) is 2.44. The summed E-state index contributed by atoms with van der Waals surface area (Å²) in [4.78, 5) is 0.